The number of imidazole rings is 2. The van der Waals surface area contributed by atoms with E-state index in [1.807, 2.05) is 54.2 Å². The first-order valence-electron chi connectivity index (χ1n) is 15.7. The SMILES string of the molecule is Cn1cnc(CCNc2nc(NCC(c3ccccc3)c3ccccc3)c3ncn(C([C@H]4OC[C@@H](O)[C@@H]4O)N4C(=O)CNC4=O)c3n2)c1. The second kappa shape index (κ2) is 13.4. The largest absolute Gasteiger partial charge is 0.388 e. The number of urea groups is 1. The van der Waals surface area contributed by atoms with Gasteiger partial charge in [0.15, 0.2) is 17.0 Å². The zero-order valence-electron chi connectivity index (χ0n) is 26.2. The number of hydrogen-bond acceptors (Lipinski definition) is 11. The third-order valence-electron chi connectivity index (χ3n) is 8.63. The maximum absolute atomic E-state index is 13.0. The lowest BCUT2D eigenvalue weighted by Crippen LogP contribution is -2.48. The van der Waals surface area contributed by atoms with Crippen molar-refractivity contribution in [2.75, 3.05) is 36.9 Å². The van der Waals surface area contributed by atoms with Crippen LogP contribution in [0, 0.1) is 0 Å². The molecule has 0 radical (unpaired) electrons. The first kappa shape index (κ1) is 31.2. The van der Waals surface area contributed by atoms with Crippen LogP contribution in [0.3, 0.4) is 0 Å². The van der Waals surface area contributed by atoms with E-state index in [9.17, 15) is 19.8 Å². The number of aliphatic hydroxyl groups is 2. The molecule has 48 heavy (non-hydrogen) atoms. The fraction of sp³-hybridized carbons (Fsp3) is 0.333. The first-order chi connectivity index (χ1) is 23.4. The Labute approximate surface area is 275 Å². The smallest absolute Gasteiger partial charge is 0.326 e. The Morgan fingerprint density at radius 1 is 0.979 bits per heavy atom. The summed E-state index contributed by atoms with van der Waals surface area (Å²) in [5.41, 5.74) is 3.80. The number of rotatable bonds is 12. The van der Waals surface area contributed by atoms with Gasteiger partial charge in [-0.1, -0.05) is 60.7 Å². The minimum Gasteiger partial charge on any atom is -0.388 e. The topological polar surface area (TPSA) is 185 Å². The summed E-state index contributed by atoms with van der Waals surface area (Å²) in [5.74, 6) is 0.170. The van der Waals surface area contributed by atoms with Crippen molar-refractivity contribution in [3.05, 3.63) is 96.3 Å². The molecule has 5 heterocycles. The van der Waals surface area contributed by atoms with Crippen molar-refractivity contribution in [2.24, 2.45) is 7.05 Å². The van der Waals surface area contributed by atoms with Crippen LogP contribution in [-0.4, -0.2) is 101 Å². The molecule has 2 aliphatic heterocycles. The van der Waals surface area contributed by atoms with Gasteiger partial charge in [0.25, 0.3) is 5.91 Å². The summed E-state index contributed by atoms with van der Waals surface area (Å²) in [6.45, 7) is 0.560. The lowest BCUT2D eigenvalue weighted by atomic mass is 9.91. The highest BCUT2D eigenvalue weighted by atomic mass is 16.5. The summed E-state index contributed by atoms with van der Waals surface area (Å²) in [7, 11) is 1.91. The number of carbonyl (C=O) groups excluding carboxylic acids is 2. The van der Waals surface area contributed by atoms with E-state index in [1.165, 1.54) is 10.9 Å². The van der Waals surface area contributed by atoms with Crippen molar-refractivity contribution in [1.29, 1.82) is 0 Å². The molecule has 5 N–H and O–H groups in total. The monoisotopic (exact) mass is 652 g/mol. The number of nitrogens with zero attached hydrogens (tertiary/aromatic N) is 7. The molecule has 3 aromatic heterocycles. The molecule has 248 valence electrons. The van der Waals surface area contributed by atoms with Crippen molar-refractivity contribution < 1.29 is 24.5 Å². The molecule has 7 rings (SSSR count). The third kappa shape index (κ3) is 6.17. The molecule has 5 aromatic rings. The first-order valence-corrected chi connectivity index (χ1v) is 15.7. The van der Waals surface area contributed by atoms with E-state index in [4.69, 9.17) is 14.7 Å². The summed E-state index contributed by atoms with van der Waals surface area (Å²) in [6.07, 6.45) is 0.822. The normalized spacial score (nSPS) is 20.1. The van der Waals surface area contributed by atoms with Gasteiger partial charge in [0, 0.05) is 38.7 Å². The molecule has 2 saturated heterocycles. The zero-order chi connectivity index (χ0) is 33.2. The lowest BCUT2D eigenvalue weighted by Gasteiger charge is -2.32. The van der Waals surface area contributed by atoms with Crippen LogP contribution in [0.1, 0.15) is 28.9 Å². The van der Waals surface area contributed by atoms with E-state index in [1.54, 1.807) is 6.33 Å². The fourth-order valence-corrected chi connectivity index (χ4v) is 6.23. The van der Waals surface area contributed by atoms with E-state index >= 15 is 0 Å². The van der Waals surface area contributed by atoms with Crippen LogP contribution in [0.5, 0.6) is 0 Å². The number of imide groups is 1. The highest BCUT2D eigenvalue weighted by Crippen LogP contribution is 2.34. The number of fused-ring (bicyclic) bond motifs is 1. The maximum atomic E-state index is 13.0. The number of nitrogens with one attached hydrogen (secondary N) is 3. The highest BCUT2D eigenvalue weighted by Gasteiger charge is 2.48. The molecule has 0 aliphatic carbocycles. The summed E-state index contributed by atoms with van der Waals surface area (Å²) in [6, 6.07) is 19.7. The maximum Gasteiger partial charge on any atom is 0.326 e. The van der Waals surface area contributed by atoms with Gasteiger partial charge in [-0.05, 0) is 11.1 Å². The van der Waals surface area contributed by atoms with E-state index in [0.29, 0.717) is 36.5 Å². The van der Waals surface area contributed by atoms with Gasteiger partial charge in [0.2, 0.25) is 5.95 Å². The quantitative estimate of drug-likeness (QED) is 0.123. The number of aromatic nitrogens is 6. The summed E-state index contributed by atoms with van der Waals surface area (Å²) in [5, 5.41) is 30.5. The molecule has 4 atom stereocenters. The van der Waals surface area contributed by atoms with E-state index in [0.717, 1.165) is 21.7 Å². The molecular formula is C33H36N10O5. The summed E-state index contributed by atoms with van der Waals surface area (Å²) < 4.78 is 9.16. The predicted molar refractivity (Wildman–Crippen MR) is 175 cm³/mol. The van der Waals surface area contributed by atoms with Crippen molar-refractivity contribution in [2.45, 2.75) is 36.8 Å². The lowest BCUT2D eigenvalue weighted by molar-refractivity contribution is -0.132. The van der Waals surface area contributed by atoms with Crippen molar-refractivity contribution in [3.8, 4) is 0 Å². The molecule has 2 aliphatic rings. The predicted octanol–water partition coefficient (Wildman–Crippen LogP) is 1.63. The molecule has 2 aromatic carbocycles. The number of aryl methyl sites for hydroxylation is 1. The third-order valence-corrected chi connectivity index (χ3v) is 8.63. The van der Waals surface area contributed by atoms with Crippen molar-refractivity contribution in [1.82, 2.24) is 39.3 Å². The molecule has 15 nitrogen and oxygen atoms in total. The average Bonchev–Trinajstić information content (AvgIpc) is 3.88. The number of aliphatic hydroxyl groups excluding tert-OH is 2. The molecule has 3 amide bonds. The molecule has 15 heteroatoms. The van der Waals surface area contributed by atoms with Crippen LogP contribution in [-0.2, 0) is 23.0 Å². The molecule has 0 saturated carbocycles. The van der Waals surface area contributed by atoms with Crippen LogP contribution in [0.25, 0.3) is 11.2 Å². The molecule has 0 spiro atoms. The van der Waals surface area contributed by atoms with Gasteiger partial charge in [0.1, 0.15) is 24.5 Å². The van der Waals surface area contributed by atoms with Gasteiger partial charge >= 0.3 is 6.03 Å². The van der Waals surface area contributed by atoms with Crippen LogP contribution in [0.15, 0.2) is 79.5 Å². The number of ether oxygens (including phenoxy) is 1. The number of amides is 3. The Bertz CT molecular complexity index is 1840. The number of carbonyl (C=O) groups is 2. The van der Waals surface area contributed by atoms with Gasteiger partial charge in [-0.3, -0.25) is 9.36 Å². The van der Waals surface area contributed by atoms with Gasteiger partial charge in [0.05, 0.1) is 31.5 Å². The zero-order valence-corrected chi connectivity index (χ0v) is 26.2. The molecule has 2 fully saturated rings. The molecule has 0 bridgehead atoms. The minimum absolute atomic E-state index is 0.0257. The van der Waals surface area contributed by atoms with E-state index < -0.39 is 36.4 Å². The Balaban J connectivity index is 1.28. The molecule has 1 unspecified atom stereocenters. The Kier molecular flexibility index (Phi) is 8.71. The minimum atomic E-state index is -1.37. The van der Waals surface area contributed by atoms with Crippen LogP contribution in [0.2, 0.25) is 0 Å². The summed E-state index contributed by atoms with van der Waals surface area (Å²) >= 11 is 0. The second-order valence-corrected chi connectivity index (χ2v) is 11.9. The molecular weight excluding hydrogens is 616 g/mol. The highest BCUT2D eigenvalue weighted by molar-refractivity contribution is 6.02. The van der Waals surface area contributed by atoms with Crippen LogP contribution >= 0.6 is 0 Å². The standard InChI is InChI=1S/C33H36N10O5/c1-41-16-22(37-18-41)12-13-34-32-39-29(35-14-23(20-8-4-2-5-9-20)21-10-6-3-7-11-21)26-30(40-32)42(19-38-26)31(28-27(46)24(44)17-48-28)43-25(45)15-36-33(43)47/h2-11,16,18-19,23-24,27-28,31,44,46H,12-15,17H2,1H3,(H,36,47)(H2,34,35,39,40)/t24-,27+,28+,31?/m1/s1. The van der Waals surface area contributed by atoms with E-state index in [2.05, 4.69) is 50.2 Å². The average molecular weight is 653 g/mol. The second-order valence-electron chi connectivity index (χ2n) is 11.9. The van der Waals surface area contributed by atoms with Crippen LogP contribution < -0.4 is 16.0 Å². The Hall–Kier alpha value is -5.38. The van der Waals surface area contributed by atoms with Gasteiger partial charge < -0.3 is 35.5 Å². The number of benzene rings is 2. The van der Waals surface area contributed by atoms with Gasteiger partial charge in [-0.25, -0.2) is 19.7 Å². The van der Waals surface area contributed by atoms with Gasteiger partial charge in [-0.2, -0.15) is 9.97 Å². The summed E-state index contributed by atoms with van der Waals surface area (Å²) in [4.78, 5) is 45.6. The van der Waals surface area contributed by atoms with Crippen LogP contribution in [0.4, 0.5) is 16.6 Å². The Morgan fingerprint density at radius 3 is 2.31 bits per heavy atom. The number of anilines is 2. The van der Waals surface area contributed by atoms with Crippen molar-refractivity contribution in [3.63, 3.8) is 0 Å². The van der Waals surface area contributed by atoms with E-state index in [-0.39, 0.29) is 25.0 Å². The van der Waals surface area contributed by atoms with Gasteiger partial charge in [-0.15, -0.1) is 0 Å². The Morgan fingerprint density at radius 2 is 1.71 bits per heavy atom. The van der Waals surface area contributed by atoms with Crippen molar-refractivity contribution >= 4 is 34.9 Å². The number of hydrogen-bond donors (Lipinski definition) is 5. The fourth-order valence-electron chi connectivity index (χ4n) is 6.23.